The average Bonchev–Trinajstić information content (AvgIpc) is 2.96. The molecule has 0 saturated heterocycles. The largest absolute Gasteiger partial charge is 0.497 e. The van der Waals surface area contributed by atoms with E-state index in [2.05, 4.69) is 47.3 Å². The minimum absolute atomic E-state index is 0.456. The molecule has 1 fully saturated rings. The summed E-state index contributed by atoms with van der Waals surface area (Å²) in [7, 11) is 1.73. The summed E-state index contributed by atoms with van der Waals surface area (Å²) >= 11 is 1.77. The highest BCUT2D eigenvalue weighted by molar-refractivity contribution is 7.07. The zero-order valence-electron chi connectivity index (χ0n) is 12.0. The molecule has 2 nitrogen and oxygen atoms in total. The van der Waals surface area contributed by atoms with Gasteiger partial charge in [-0.2, -0.15) is 11.3 Å². The molecule has 0 radical (unpaired) electrons. The lowest BCUT2D eigenvalue weighted by Gasteiger charge is -2.38. The van der Waals surface area contributed by atoms with E-state index in [0.717, 1.165) is 5.75 Å². The maximum absolute atomic E-state index is 5.30. The minimum atomic E-state index is 0.456. The monoisotopic (exact) mass is 287 g/mol. The molecule has 1 N–H and O–H groups in total. The predicted molar refractivity (Wildman–Crippen MR) is 84.6 cm³/mol. The van der Waals surface area contributed by atoms with Crippen molar-refractivity contribution in [2.45, 2.75) is 37.8 Å². The van der Waals surface area contributed by atoms with Gasteiger partial charge in [0.25, 0.3) is 0 Å². The summed E-state index contributed by atoms with van der Waals surface area (Å²) in [6, 6.07) is 11.8. The lowest BCUT2D eigenvalue weighted by molar-refractivity contribution is 0.270. The summed E-state index contributed by atoms with van der Waals surface area (Å²) in [4.78, 5) is 0. The first-order chi connectivity index (χ1) is 9.76. The van der Waals surface area contributed by atoms with Gasteiger partial charge in [0.1, 0.15) is 5.75 Å². The Labute approximate surface area is 124 Å². The molecule has 1 aromatic heterocycles. The van der Waals surface area contributed by atoms with Crippen LogP contribution in [0.4, 0.5) is 0 Å². The van der Waals surface area contributed by atoms with E-state index in [1.807, 2.05) is 6.07 Å². The molecular formula is C17H21NOS. The van der Waals surface area contributed by atoms with E-state index in [4.69, 9.17) is 4.74 Å². The Bertz CT molecular complexity index is 546. The smallest absolute Gasteiger partial charge is 0.119 e. The third-order valence-electron chi connectivity index (χ3n) is 4.23. The van der Waals surface area contributed by atoms with Gasteiger partial charge in [-0.25, -0.2) is 0 Å². The molecule has 0 bridgehead atoms. The number of methoxy groups -OCH3 is 1. The fourth-order valence-electron chi connectivity index (χ4n) is 2.89. The zero-order valence-corrected chi connectivity index (χ0v) is 12.8. The van der Waals surface area contributed by atoms with Crippen LogP contribution in [0.1, 0.15) is 42.9 Å². The van der Waals surface area contributed by atoms with Gasteiger partial charge in [-0.05, 0) is 65.8 Å². The maximum Gasteiger partial charge on any atom is 0.119 e. The van der Waals surface area contributed by atoms with Crippen molar-refractivity contribution < 1.29 is 4.74 Å². The molecule has 1 atom stereocenters. The van der Waals surface area contributed by atoms with Crippen molar-refractivity contribution in [1.82, 2.24) is 5.32 Å². The Hall–Kier alpha value is -1.32. The Kier molecular flexibility index (Phi) is 4.08. The van der Waals surface area contributed by atoms with Crippen LogP contribution >= 0.6 is 11.3 Å². The van der Waals surface area contributed by atoms with Gasteiger partial charge in [0.05, 0.1) is 7.11 Å². The van der Waals surface area contributed by atoms with E-state index >= 15 is 0 Å². The van der Waals surface area contributed by atoms with Crippen molar-refractivity contribution in [2.75, 3.05) is 7.11 Å². The highest BCUT2D eigenvalue weighted by Crippen LogP contribution is 2.39. The molecule has 1 aliphatic rings. The first-order valence-electron chi connectivity index (χ1n) is 7.18. The van der Waals surface area contributed by atoms with Gasteiger partial charge in [0.15, 0.2) is 0 Å². The van der Waals surface area contributed by atoms with Crippen molar-refractivity contribution in [3.8, 4) is 5.75 Å². The van der Waals surface area contributed by atoms with Crippen LogP contribution < -0.4 is 10.1 Å². The van der Waals surface area contributed by atoms with Gasteiger partial charge >= 0.3 is 0 Å². The summed E-state index contributed by atoms with van der Waals surface area (Å²) in [6.07, 6.45) is 2.45. The molecule has 1 aliphatic carbocycles. The standard InChI is InChI=1S/C17H21NOS/c1-12(14-6-7-20-11-14)18-16-8-15(9-16)13-4-3-5-17(10-13)19-2/h3-7,10-12,15-16,18H,8-9H2,1-2H3. The van der Waals surface area contributed by atoms with E-state index in [1.165, 1.54) is 24.0 Å². The Balaban J connectivity index is 1.53. The molecule has 20 heavy (non-hydrogen) atoms. The topological polar surface area (TPSA) is 21.3 Å². The molecule has 1 saturated carbocycles. The minimum Gasteiger partial charge on any atom is -0.497 e. The third kappa shape index (κ3) is 2.89. The number of ether oxygens (including phenoxy) is 1. The van der Waals surface area contributed by atoms with E-state index in [-0.39, 0.29) is 0 Å². The van der Waals surface area contributed by atoms with Crippen LogP contribution in [0.2, 0.25) is 0 Å². The molecule has 1 aromatic carbocycles. The van der Waals surface area contributed by atoms with Crippen LogP contribution in [0.5, 0.6) is 5.75 Å². The second-order valence-electron chi connectivity index (χ2n) is 5.59. The average molecular weight is 287 g/mol. The van der Waals surface area contributed by atoms with Crippen molar-refractivity contribution in [3.63, 3.8) is 0 Å². The van der Waals surface area contributed by atoms with Gasteiger partial charge in [-0.3, -0.25) is 0 Å². The highest BCUT2D eigenvalue weighted by Gasteiger charge is 2.31. The summed E-state index contributed by atoms with van der Waals surface area (Å²) < 4.78 is 5.30. The van der Waals surface area contributed by atoms with Crippen LogP contribution in [-0.2, 0) is 0 Å². The number of hydrogen-bond donors (Lipinski definition) is 1. The van der Waals surface area contributed by atoms with Gasteiger partial charge in [-0.1, -0.05) is 12.1 Å². The number of hydrogen-bond acceptors (Lipinski definition) is 3. The Morgan fingerprint density at radius 2 is 2.15 bits per heavy atom. The van der Waals surface area contributed by atoms with Crippen molar-refractivity contribution in [2.24, 2.45) is 0 Å². The molecule has 1 heterocycles. The van der Waals surface area contributed by atoms with E-state index in [0.29, 0.717) is 18.0 Å². The second-order valence-corrected chi connectivity index (χ2v) is 6.37. The molecule has 0 aliphatic heterocycles. The van der Waals surface area contributed by atoms with Gasteiger partial charge in [0, 0.05) is 12.1 Å². The van der Waals surface area contributed by atoms with Gasteiger partial charge in [-0.15, -0.1) is 0 Å². The number of thiophene rings is 1. The summed E-state index contributed by atoms with van der Waals surface area (Å²) in [5.74, 6) is 1.64. The Morgan fingerprint density at radius 1 is 1.30 bits per heavy atom. The fourth-order valence-corrected chi connectivity index (χ4v) is 3.65. The second kappa shape index (κ2) is 5.98. The molecule has 2 aromatic rings. The van der Waals surface area contributed by atoms with Crippen LogP contribution in [0.15, 0.2) is 41.1 Å². The quantitative estimate of drug-likeness (QED) is 0.882. The molecule has 106 valence electrons. The normalized spacial score (nSPS) is 23.1. The first kappa shape index (κ1) is 13.7. The molecule has 3 rings (SSSR count). The van der Waals surface area contributed by atoms with Crippen molar-refractivity contribution in [3.05, 3.63) is 52.2 Å². The van der Waals surface area contributed by atoms with Crippen LogP contribution in [0, 0.1) is 0 Å². The lowest BCUT2D eigenvalue weighted by atomic mass is 9.75. The third-order valence-corrected chi connectivity index (χ3v) is 4.93. The molecule has 0 amide bonds. The van der Waals surface area contributed by atoms with Crippen LogP contribution in [0.3, 0.4) is 0 Å². The number of nitrogens with one attached hydrogen (secondary N) is 1. The van der Waals surface area contributed by atoms with Gasteiger partial charge < -0.3 is 10.1 Å². The summed E-state index contributed by atoms with van der Waals surface area (Å²) in [6.45, 7) is 2.25. The maximum atomic E-state index is 5.30. The zero-order chi connectivity index (χ0) is 13.9. The Morgan fingerprint density at radius 3 is 2.85 bits per heavy atom. The van der Waals surface area contributed by atoms with Crippen molar-refractivity contribution >= 4 is 11.3 Å². The lowest BCUT2D eigenvalue weighted by Crippen LogP contribution is -2.41. The van der Waals surface area contributed by atoms with Crippen LogP contribution in [-0.4, -0.2) is 13.2 Å². The van der Waals surface area contributed by atoms with Gasteiger partial charge in [0.2, 0.25) is 0 Å². The SMILES string of the molecule is COc1cccc(C2CC(NC(C)c3ccsc3)C2)c1. The van der Waals surface area contributed by atoms with E-state index < -0.39 is 0 Å². The van der Waals surface area contributed by atoms with Crippen molar-refractivity contribution in [1.29, 1.82) is 0 Å². The molecule has 0 spiro atoms. The number of benzene rings is 1. The molecule has 3 heteroatoms. The van der Waals surface area contributed by atoms with E-state index in [9.17, 15) is 0 Å². The molecular weight excluding hydrogens is 266 g/mol. The first-order valence-corrected chi connectivity index (χ1v) is 8.12. The molecule has 1 unspecified atom stereocenters. The fraction of sp³-hybridized carbons (Fsp3) is 0.412. The van der Waals surface area contributed by atoms with Crippen LogP contribution in [0.25, 0.3) is 0 Å². The highest BCUT2D eigenvalue weighted by atomic mass is 32.1. The predicted octanol–water partition coefficient (Wildman–Crippen LogP) is 4.35. The summed E-state index contributed by atoms with van der Waals surface area (Å²) in [5, 5.41) is 8.10. The number of rotatable bonds is 5. The summed E-state index contributed by atoms with van der Waals surface area (Å²) in [5.41, 5.74) is 2.81. The van der Waals surface area contributed by atoms with E-state index in [1.54, 1.807) is 18.4 Å².